The molecule has 0 bridgehead atoms. The lowest BCUT2D eigenvalue weighted by molar-refractivity contribution is 0.0514. The Hall–Kier alpha value is -1.76. The Balaban J connectivity index is 2.03. The van der Waals surface area contributed by atoms with Crippen LogP contribution in [0, 0.1) is 17.8 Å². The van der Waals surface area contributed by atoms with Crippen molar-refractivity contribution in [1.29, 1.82) is 0 Å². The SMILES string of the molecule is CCOC(=O)c1cc(C#CC2CC2)on1. The molecule has 0 unspecified atom stereocenters. The van der Waals surface area contributed by atoms with Crippen molar-refractivity contribution in [3.05, 3.63) is 17.5 Å². The lowest BCUT2D eigenvalue weighted by Gasteiger charge is -1.93. The maximum atomic E-state index is 11.2. The lowest BCUT2D eigenvalue weighted by Crippen LogP contribution is -2.04. The molecule has 1 aromatic heterocycles. The number of aromatic nitrogens is 1. The van der Waals surface area contributed by atoms with Crippen molar-refractivity contribution >= 4 is 5.97 Å². The highest BCUT2D eigenvalue weighted by molar-refractivity contribution is 5.87. The normalized spacial score (nSPS) is 14.2. The van der Waals surface area contributed by atoms with Crippen LogP contribution in [0.3, 0.4) is 0 Å². The number of hydrogen-bond acceptors (Lipinski definition) is 4. The van der Waals surface area contributed by atoms with E-state index >= 15 is 0 Å². The third kappa shape index (κ3) is 2.59. The molecular weight excluding hydrogens is 194 g/mol. The predicted molar refractivity (Wildman–Crippen MR) is 52.1 cm³/mol. The standard InChI is InChI=1S/C11H11NO3/c1-2-14-11(13)10-7-9(15-12-10)6-5-8-3-4-8/h7-8H,2-4H2,1H3. The van der Waals surface area contributed by atoms with Crippen molar-refractivity contribution in [2.24, 2.45) is 5.92 Å². The summed E-state index contributed by atoms with van der Waals surface area (Å²) in [5.74, 6) is 6.31. The number of carbonyl (C=O) groups excluding carboxylic acids is 1. The highest BCUT2D eigenvalue weighted by atomic mass is 16.5. The second-order valence-electron chi connectivity index (χ2n) is 3.34. The summed E-state index contributed by atoms with van der Waals surface area (Å²) in [5.41, 5.74) is 0.178. The van der Waals surface area contributed by atoms with Crippen molar-refractivity contribution in [3.8, 4) is 11.8 Å². The molecule has 0 radical (unpaired) electrons. The molecule has 0 spiro atoms. The van der Waals surface area contributed by atoms with Gasteiger partial charge >= 0.3 is 5.97 Å². The van der Waals surface area contributed by atoms with Gasteiger partial charge in [0.1, 0.15) is 0 Å². The molecule has 0 aliphatic heterocycles. The Kier molecular flexibility index (Phi) is 2.72. The molecule has 0 atom stereocenters. The molecule has 2 rings (SSSR count). The molecule has 0 amide bonds. The maximum Gasteiger partial charge on any atom is 0.360 e. The fourth-order valence-corrected chi connectivity index (χ4v) is 1.04. The minimum absolute atomic E-state index is 0.178. The second-order valence-corrected chi connectivity index (χ2v) is 3.34. The van der Waals surface area contributed by atoms with Crippen LogP contribution >= 0.6 is 0 Å². The molecule has 1 fully saturated rings. The lowest BCUT2D eigenvalue weighted by atomic mass is 10.3. The van der Waals surface area contributed by atoms with Crippen LogP contribution in [0.15, 0.2) is 10.6 Å². The third-order valence-corrected chi connectivity index (χ3v) is 1.97. The summed E-state index contributed by atoms with van der Waals surface area (Å²) in [4.78, 5) is 11.2. The highest BCUT2D eigenvalue weighted by Gasteiger charge is 2.18. The minimum atomic E-state index is -0.472. The van der Waals surface area contributed by atoms with Gasteiger partial charge in [-0.05, 0) is 25.7 Å². The van der Waals surface area contributed by atoms with Gasteiger partial charge in [0.15, 0.2) is 5.69 Å². The molecule has 78 valence electrons. The Labute approximate surface area is 87.6 Å². The maximum absolute atomic E-state index is 11.2. The zero-order valence-electron chi connectivity index (χ0n) is 8.45. The van der Waals surface area contributed by atoms with E-state index in [1.54, 1.807) is 6.92 Å². The molecule has 4 nitrogen and oxygen atoms in total. The highest BCUT2D eigenvalue weighted by Crippen LogP contribution is 2.27. The first-order valence-electron chi connectivity index (χ1n) is 4.95. The van der Waals surface area contributed by atoms with Crippen molar-refractivity contribution in [1.82, 2.24) is 5.16 Å². The molecule has 0 aromatic carbocycles. The Morgan fingerprint density at radius 2 is 2.53 bits per heavy atom. The average molecular weight is 205 g/mol. The topological polar surface area (TPSA) is 52.3 Å². The van der Waals surface area contributed by atoms with Crippen molar-refractivity contribution < 1.29 is 14.1 Å². The van der Waals surface area contributed by atoms with Crippen molar-refractivity contribution in [2.75, 3.05) is 6.61 Å². The van der Waals surface area contributed by atoms with Gasteiger partial charge in [0.05, 0.1) is 6.61 Å². The molecule has 1 aliphatic carbocycles. The molecule has 0 saturated heterocycles. The van der Waals surface area contributed by atoms with Gasteiger partial charge in [0.25, 0.3) is 0 Å². The largest absolute Gasteiger partial charge is 0.461 e. The summed E-state index contributed by atoms with van der Waals surface area (Å²) in [5, 5.41) is 3.58. The molecule has 1 aromatic rings. The number of ether oxygens (including phenoxy) is 1. The van der Waals surface area contributed by atoms with Crippen LogP contribution in [0.2, 0.25) is 0 Å². The van der Waals surface area contributed by atoms with E-state index in [0.717, 1.165) is 12.8 Å². The summed E-state index contributed by atoms with van der Waals surface area (Å²) in [6.07, 6.45) is 2.32. The van der Waals surface area contributed by atoms with Crippen LogP contribution in [-0.2, 0) is 4.74 Å². The van der Waals surface area contributed by atoms with Gasteiger partial charge < -0.3 is 9.26 Å². The van der Waals surface area contributed by atoms with Crippen LogP contribution in [0.25, 0.3) is 0 Å². The van der Waals surface area contributed by atoms with Gasteiger partial charge in [-0.25, -0.2) is 4.79 Å². The average Bonchev–Trinajstić information content (AvgIpc) is 2.93. The summed E-state index contributed by atoms with van der Waals surface area (Å²) in [6, 6.07) is 1.51. The van der Waals surface area contributed by atoms with Crippen molar-refractivity contribution in [3.63, 3.8) is 0 Å². The minimum Gasteiger partial charge on any atom is -0.461 e. The summed E-state index contributed by atoms with van der Waals surface area (Å²) in [6.45, 7) is 2.07. The number of nitrogens with zero attached hydrogens (tertiary/aromatic N) is 1. The van der Waals surface area contributed by atoms with Crippen LogP contribution in [-0.4, -0.2) is 17.7 Å². The van der Waals surface area contributed by atoms with Gasteiger partial charge in [-0.1, -0.05) is 11.1 Å². The monoisotopic (exact) mass is 205 g/mol. The molecule has 1 heterocycles. The van der Waals surface area contributed by atoms with Gasteiger partial charge in [0, 0.05) is 12.0 Å². The third-order valence-electron chi connectivity index (χ3n) is 1.97. The first-order chi connectivity index (χ1) is 7.29. The quantitative estimate of drug-likeness (QED) is 0.543. The molecule has 15 heavy (non-hydrogen) atoms. The molecule has 1 aliphatic rings. The van der Waals surface area contributed by atoms with Gasteiger partial charge in [0.2, 0.25) is 5.76 Å². The van der Waals surface area contributed by atoms with E-state index in [0.29, 0.717) is 18.3 Å². The van der Waals surface area contributed by atoms with Crippen LogP contribution in [0.4, 0.5) is 0 Å². The molecule has 0 N–H and O–H groups in total. The Bertz CT molecular complexity index is 421. The van der Waals surface area contributed by atoms with Gasteiger partial charge in [-0.15, -0.1) is 0 Å². The molecule has 4 heteroatoms. The van der Waals surface area contributed by atoms with Gasteiger partial charge in [-0.3, -0.25) is 0 Å². The van der Waals surface area contributed by atoms with E-state index in [1.165, 1.54) is 6.07 Å². The zero-order valence-corrected chi connectivity index (χ0v) is 8.45. The van der Waals surface area contributed by atoms with Crippen molar-refractivity contribution in [2.45, 2.75) is 19.8 Å². The Morgan fingerprint density at radius 1 is 1.73 bits per heavy atom. The van der Waals surface area contributed by atoms with Crippen LogP contribution in [0.5, 0.6) is 0 Å². The number of hydrogen-bond donors (Lipinski definition) is 0. The number of rotatable bonds is 2. The van der Waals surface area contributed by atoms with Crippen LogP contribution < -0.4 is 0 Å². The smallest absolute Gasteiger partial charge is 0.360 e. The fraction of sp³-hybridized carbons (Fsp3) is 0.455. The zero-order chi connectivity index (χ0) is 10.7. The molecular formula is C11H11NO3. The first-order valence-corrected chi connectivity index (χ1v) is 4.95. The Morgan fingerprint density at radius 3 is 3.20 bits per heavy atom. The van der Waals surface area contributed by atoms with E-state index in [4.69, 9.17) is 9.26 Å². The van der Waals surface area contributed by atoms with E-state index in [-0.39, 0.29) is 5.69 Å². The first kappa shape index (κ1) is 9.78. The predicted octanol–water partition coefficient (Wildman–Crippen LogP) is 1.61. The van der Waals surface area contributed by atoms with Gasteiger partial charge in [-0.2, -0.15) is 0 Å². The fourth-order valence-electron chi connectivity index (χ4n) is 1.04. The summed E-state index contributed by atoms with van der Waals surface area (Å²) < 4.78 is 9.66. The summed E-state index contributed by atoms with van der Waals surface area (Å²) >= 11 is 0. The molecule has 1 saturated carbocycles. The van der Waals surface area contributed by atoms with E-state index < -0.39 is 5.97 Å². The number of carbonyl (C=O) groups is 1. The number of esters is 1. The van der Waals surface area contributed by atoms with E-state index in [9.17, 15) is 4.79 Å². The summed E-state index contributed by atoms with van der Waals surface area (Å²) in [7, 11) is 0. The van der Waals surface area contributed by atoms with E-state index in [2.05, 4.69) is 17.0 Å². The second kappa shape index (κ2) is 4.18. The van der Waals surface area contributed by atoms with E-state index in [1.807, 2.05) is 0 Å². The van der Waals surface area contributed by atoms with Crippen LogP contribution in [0.1, 0.15) is 36.0 Å².